The van der Waals surface area contributed by atoms with Gasteiger partial charge in [0, 0.05) is 28.7 Å². The maximum atomic E-state index is 6.09. The molecule has 1 aromatic heterocycles. The predicted molar refractivity (Wildman–Crippen MR) is 90.1 cm³/mol. The summed E-state index contributed by atoms with van der Waals surface area (Å²) in [5.41, 5.74) is 3.90. The molecule has 0 radical (unpaired) electrons. The van der Waals surface area contributed by atoms with Gasteiger partial charge in [-0.15, -0.1) is 0 Å². The molecule has 21 heavy (non-hydrogen) atoms. The van der Waals surface area contributed by atoms with Crippen LogP contribution in [0.2, 0.25) is 5.02 Å². The zero-order valence-electron chi connectivity index (χ0n) is 12.1. The van der Waals surface area contributed by atoms with Crippen LogP contribution in [0, 0.1) is 0 Å². The zero-order chi connectivity index (χ0) is 14.7. The second kappa shape index (κ2) is 6.33. The Bertz CT molecular complexity index is 746. The summed E-state index contributed by atoms with van der Waals surface area (Å²) in [6.07, 6.45) is 3.31. The third kappa shape index (κ3) is 3.12. The average molecular weight is 299 g/mol. The van der Waals surface area contributed by atoms with Crippen LogP contribution in [0.15, 0.2) is 54.7 Å². The molecular formula is C18H19ClN2. The molecule has 1 heterocycles. The monoisotopic (exact) mass is 298 g/mol. The Labute approximate surface area is 130 Å². The topological polar surface area (TPSA) is 17.0 Å². The lowest BCUT2D eigenvalue weighted by Crippen LogP contribution is -2.10. The molecule has 0 fully saturated rings. The van der Waals surface area contributed by atoms with Gasteiger partial charge < -0.3 is 9.88 Å². The lowest BCUT2D eigenvalue weighted by atomic mass is 10.1. The van der Waals surface area contributed by atoms with E-state index in [1.807, 2.05) is 25.2 Å². The third-order valence-electron chi connectivity index (χ3n) is 3.76. The lowest BCUT2D eigenvalue weighted by Gasteiger charge is -2.06. The normalized spacial score (nSPS) is 11.1. The van der Waals surface area contributed by atoms with Gasteiger partial charge in [0.2, 0.25) is 0 Å². The van der Waals surface area contributed by atoms with Crippen molar-refractivity contribution in [3.05, 3.63) is 70.9 Å². The zero-order valence-corrected chi connectivity index (χ0v) is 12.9. The minimum atomic E-state index is 0.791. The molecule has 0 atom stereocenters. The maximum absolute atomic E-state index is 6.09. The number of likely N-dealkylation sites (N-methyl/N-ethyl adjacent to an activating group) is 1. The number of hydrogen-bond acceptors (Lipinski definition) is 1. The van der Waals surface area contributed by atoms with Gasteiger partial charge in [0.25, 0.3) is 0 Å². The fourth-order valence-electron chi connectivity index (χ4n) is 2.74. The molecule has 108 valence electrons. The summed E-state index contributed by atoms with van der Waals surface area (Å²) in [4.78, 5) is 0. The predicted octanol–water partition coefficient (Wildman–Crippen LogP) is 4.10. The Morgan fingerprint density at radius 3 is 2.76 bits per heavy atom. The van der Waals surface area contributed by atoms with Crippen LogP contribution in [0.5, 0.6) is 0 Å². The van der Waals surface area contributed by atoms with E-state index in [1.165, 1.54) is 22.0 Å². The fraction of sp³-hybridized carbons (Fsp3) is 0.222. The van der Waals surface area contributed by atoms with E-state index in [4.69, 9.17) is 11.6 Å². The SMILES string of the molecule is CNCCc1cn(Cc2cccc(Cl)c2)c2ccccc12. The number of halogens is 1. The number of rotatable bonds is 5. The van der Waals surface area contributed by atoms with Crippen LogP contribution < -0.4 is 5.32 Å². The number of nitrogens with zero attached hydrogens (tertiary/aromatic N) is 1. The highest BCUT2D eigenvalue weighted by atomic mass is 35.5. The van der Waals surface area contributed by atoms with Crippen molar-refractivity contribution < 1.29 is 0 Å². The number of para-hydroxylation sites is 1. The van der Waals surface area contributed by atoms with Gasteiger partial charge in [-0.25, -0.2) is 0 Å². The molecule has 0 amide bonds. The molecule has 0 aliphatic heterocycles. The van der Waals surface area contributed by atoms with Crippen molar-refractivity contribution in [2.45, 2.75) is 13.0 Å². The molecule has 3 aromatic rings. The number of aromatic nitrogens is 1. The van der Waals surface area contributed by atoms with Crippen LogP contribution in [0.25, 0.3) is 10.9 Å². The maximum Gasteiger partial charge on any atom is 0.0486 e. The Morgan fingerprint density at radius 2 is 1.95 bits per heavy atom. The lowest BCUT2D eigenvalue weighted by molar-refractivity contribution is 0.783. The van der Waals surface area contributed by atoms with Gasteiger partial charge in [0.15, 0.2) is 0 Å². The number of fused-ring (bicyclic) bond motifs is 1. The highest BCUT2D eigenvalue weighted by molar-refractivity contribution is 6.30. The van der Waals surface area contributed by atoms with Crippen LogP contribution in [-0.2, 0) is 13.0 Å². The number of nitrogens with one attached hydrogen (secondary N) is 1. The van der Waals surface area contributed by atoms with Crippen LogP contribution in [0.1, 0.15) is 11.1 Å². The van der Waals surface area contributed by atoms with Gasteiger partial charge in [-0.1, -0.05) is 41.9 Å². The Kier molecular flexibility index (Phi) is 4.28. The Morgan fingerprint density at radius 1 is 1.10 bits per heavy atom. The molecule has 0 bridgehead atoms. The van der Waals surface area contributed by atoms with E-state index < -0.39 is 0 Å². The molecule has 0 saturated carbocycles. The highest BCUT2D eigenvalue weighted by Crippen LogP contribution is 2.23. The Hall–Kier alpha value is -1.77. The summed E-state index contributed by atoms with van der Waals surface area (Å²) in [6.45, 7) is 1.84. The molecule has 3 heteroatoms. The van der Waals surface area contributed by atoms with Crippen LogP contribution in [-0.4, -0.2) is 18.2 Å². The summed E-state index contributed by atoms with van der Waals surface area (Å²) < 4.78 is 2.31. The first-order valence-corrected chi connectivity index (χ1v) is 7.61. The van der Waals surface area contributed by atoms with Crippen molar-refractivity contribution in [3.8, 4) is 0 Å². The quantitative estimate of drug-likeness (QED) is 0.750. The fourth-order valence-corrected chi connectivity index (χ4v) is 2.96. The van der Waals surface area contributed by atoms with Crippen molar-refractivity contribution in [1.29, 1.82) is 0 Å². The number of hydrogen-bond donors (Lipinski definition) is 1. The Balaban J connectivity index is 1.98. The third-order valence-corrected chi connectivity index (χ3v) is 3.99. The highest BCUT2D eigenvalue weighted by Gasteiger charge is 2.08. The minimum absolute atomic E-state index is 0.791. The van der Waals surface area contributed by atoms with Crippen LogP contribution >= 0.6 is 11.6 Å². The minimum Gasteiger partial charge on any atom is -0.343 e. The molecular weight excluding hydrogens is 280 g/mol. The average Bonchev–Trinajstić information content (AvgIpc) is 2.84. The molecule has 0 aliphatic carbocycles. The van der Waals surface area contributed by atoms with Crippen LogP contribution in [0.4, 0.5) is 0 Å². The molecule has 0 unspecified atom stereocenters. The van der Waals surface area contributed by atoms with Crippen molar-refractivity contribution in [2.75, 3.05) is 13.6 Å². The molecule has 0 spiro atoms. The van der Waals surface area contributed by atoms with Gasteiger partial charge >= 0.3 is 0 Å². The first kappa shape index (κ1) is 14.2. The van der Waals surface area contributed by atoms with Gasteiger partial charge in [0.1, 0.15) is 0 Å². The summed E-state index contributed by atoms with van der Waals surface area (Å²) in [5, 5.41) is 5.35. The number of benzene rings is 2. The summed E-state index contributed by atoms with van der Waals surface area (Å²) in [5.74, 6) is 0. The molecule has 1 N–H and O–H groups in total. The molecule has 2 nitrogen and oxygen atoms in total. The van der Waals surface area contributed by atoms with E-state index in [-0.39, 0.29) is 0 Å². The molecule has 0 aliphatic rings. The summed E-state index contributed by atoms with van der Waals surface area (Å²) in [7, 11) is 1.99. The van der Waals surface area contributed by atoms with Gasteiger partial charge in [-0.05, 0) is 49.3 Å². The second-order valence-corrected chi connectivity index (χ2v) is 5.72. The largest absolute Gasteiger partial charge is 0.343 e. The van der Waals surface area contributed by atoms with Gasteiger partial charge in [-0.3, -0.25) is 0 Å². The smallest absolute Gasteiger partial charge is 0.0486 e. The van der Waals surface area contributed by atoms with Gasteiger partial charge in [-0.2, -0.15) is 0 Å². The van der Waals surface area contributed by atoms with Crippen molar-refractivity contribution in [3.63, 3.8) is 0 Å². The van der Waals surface area contributed by atoms with Crippen molar-refractivity contribution in [2.24, 2.45) is 0 Å². The van der Waals surface area contributed by atoms with Gasteiger partial charge in [0.05, 0.1) is 0 Å². The van der Waals surface area contributed by atoms with E-state index in [1.54, 1.807) is 0 Å². The standard InChI is InChI=1S/C18H19ClN2/c1-20-10-9-15-13-21(18-8-3-2-7-17(15)18)12-14-5-4-6-16(19)11-14/h2-8,11,13,20H,9-10,12H2,1H3. The van der Waals surface area contributed by atoms with Crippen molar-refractivity contribution >= 4 is 22.5 Å². The van der Waals surface area contributed by atoms with E-state index >= 15 is 0 Å². The summed E-state index contributed by atoms with van der Waals surface area (Å²) in [6, 6.07) is 16.7. The molecule has 2 aromatic carbocycles. The summed E-state index contributed by atoms with van der Waals surface area (Å²) >= 11 is 6.09. The van der Waals surface area contributed by atoms with E-state index in [0.29, 0.717) is 0 Å². The molecule has 0 saturated heterocycles. The van der Waals surface area contributed by atoms with E-state index in [0.717, 1.165) is 24.5 Å². The van der Waals surface area contributed by atoms with E-state index in [2.05, 4.69) is 46.4 Å². The van der Waals surface area contributed by atoms with Crippen LogP contribution in [0.3, 0.4) is 0 Å². The first-order valence-electron chi connectivity index (χ1n) is 7.24. The van der Waals surface area contributed by atoms with Crippen molar-refractivity contribution in [1.82, 2.24) is 9.88 Å². The molecule has 3 rings (SSSR count). The first-order chi connectivity index (χ1) is 10.3. The second-order valence-electron chi connectivity index (χ2n) is 5.28. The van der Waals surface area contributed by atoms with E-state index in [9.17, 15) is 0 Å².